The van der Waals surface area contributed by atoms with Crippen molar-refractivity contribution in [3.05, 3.63) is 60.0 Å². The first-order valence-electron chi connectivity index (χ1n) is 11.5. The summed E-state index contributed by atoms with van der Waals surface area (Å²) >= 11 is 0. The highest BCUT2D eigenvalue weighted by Crippen LogP contribution is 2.32. The van der Waals surface area contributed by atoms with Crippen LogP contribution in [0.3, 0.4) is 0 Å². The molecular weight excluding hydrogens is 402 g/mol. The number of carbonyl (C=O) groups excluding carboxylic acids is 1. The summed E-state index contributed by atoms with van der Waals surface area (Å²) in [7, 11) is 0. The maximum atomic E-state index is 12.7. The number of nitrogens with zero attached hydrogens (tertiary/aromatic N) is 3. The summed E-state index contributed by atoms with van der Waals surface area (Å²) in [5.74, 6) is 2.32. The molecule has 32 heavy (non-hydrogen) atoms. The fourth-order valence-corrected chi connectivity index (χ4v) is 3.83. The predicted molar refractivity (Wildman–Crippen MR) is 125 cm³/mol. The molecule has 4 rings (SSSR count). The van der Waals surface area contributed by atoms with Gasteiger partial charge < -0.3 is 14.2 Å². The van der Waals surface area contributed by atoms with Crippen molar-refractivity contribution >= 4 is 11.6 Å². The van der Waals surface area contributed by atoms with Crippen LogP contribution in [0.1, 0.15) is 57.4 Å². The second-order valence-corrected chi connectivity index (χ2v) is 8.86. The Kier molecular flexibility index (Phi) is 6.88. The number of anilines is 1. The minimum atomic E-state index is -0.0998. The van der Waals surface area contributed by atoms with Gasteiger partial charge in [0.05, 0.1) is 12.5 Å². The number of unbranched alkanes of at least 4 members (excludes halogenated alkanes) is 1. The van der Waals surface area contributed by atoms with Crippen LogP contribution in [0.15, 0.2) is 53.1 Å². The number of aromatic nitrogens is 2. The van der Waals surface area contributed by atoms with Crippen LogP contribution in [-0.4, -0.2) is 29.2 Å². The summed E-state index contributed by atoms with van der Waals surface area (Å²) in [6.45, 7) is 7.66. The highest BCUT2D eigenvalue weighted by molar-refractivity contribution is 5.96. The van der Waals surface area contributed by atoms with Gasteiger partial charge in [0.2, 0.25) is 17.6 Å². The Hall–Kier alpha value is -3.15. The molecule has 6 nitrogen and oxygen atoms in total. The Morgan fingerprint density at radius 3 is 2.56 bits per heavy atom. The number of hydrogen-bond donors (Lipinski definition) is 0. The normalized spacial score (nSPS) is 16.2. The second kappa shape index (κ2) is 9.98. The van der Waals surface area contributed by atoms with Crippen LogP contribution in [0.5, 0.6) is 5.75 Å². The molecule has 6 heteroatoms. The lowest BCUT2D eigenvalue weighted by atomic mass is 10.1. The summed E-state index contributed by atoms with van der Waals surface area (Å²) in [4.78, 5) is 19.1. The molecule has 0 saturated carbocycles. The standard InChI is InChI=1S/C26H31N3O3/c1-4-5-6-19-7-11-22(12-8-19)29-16-21(15-24(29)30)26-27-25(28-32-26)20-9-13-23(14-10-20)31-17-18(2)3/h7-14,18,21H,4-6,15-17H2,1-3H3. The molecule has 0 aliphatic carbocycles. The van der Waals surface area contributed by atoms with E-state index in [-0.39, 0.29) is 11.8 Å². The Bertz CT molecular complexity index is 1030. The van der Waals surface area contributed by atoms with Crippen molar-refractivity contribution in [1.82, 2.24) is 10.1 Å². The van der Waals surface area contributed by atoms with Crippen LogP contribution in [0.25, 0.3) is 11.4 Å². The average Bonchev–Trinajstić information content (AvgIpc) is 3.44. The number of rotatable bonds is 9. The number of aryl methyl sites for hydroxylation is 1. The molecule has 1 aliphatic rings. The first kappa shape index (κ1) is 22.1. The van der Waals surface area contributed by atoms with E-state index in [0.717, 1.165) is 23.4 Å². The number of amides is 1. The zero-order chi connectivity index (χ0) is 22.5. The molecule has 1 amide bonds. The molecule has 1 saturated heterocycles. The highest BCUT2D eigenvalue weighted by atomic mass is 16.5. The third-order valence-corrected chi connectivity index (χ3v) is 5.68. The van der Waals surface area contributed by atoms with Crippen LogP contribution in [0, 0.1) is 5.92 Å². The predicted octanol–water partition coefficient (Wildman–Crippen LogP) is 5.63. The minimum Gasteiger partial charge on any atom is -0.493 e. The van der Waals surface area contributed by atoms with Crippen molar-refractivity contribution in [1.29, 1.82) is 0 Å². The first-order valence-corrected chi connectivity index (χ1v) is 11.5. The average molecular weight is 434 g/mol. The molecule has 0 N–H and O–H groups in total. The van der Waals surface area contributed by atoms with Crippen LogP contribution in [-0.2, 0) is 11.2 Å². The molecule has 1 fully saturated rings. The number of hydrogen-bond acceptors (Lipinski definition) is 5. The Morgan fingerprint density at radius 1 is 1.12 bits per heavy atom. The molecule has 0 spiro atoms. The van der Waals surface area contributed by atoms with Gasteiger partial charge in [-0.25, -0.2) is 0 Å². The second-order valence-electron chi connectivity index (χ2n) is 8.86. The van der Waals surface area contributed by atoms with Crippen molar-refractivity contribution in [3.8, 4) is 17.1 Å². The third kappa shape index (κ3) is 5.18. The van der Waals surface area contributed by atoms with E-state index in [2.05, 4.69) is 43.0 Å². The van der Waals surface area contributed by atoms with Crippen molar-refractivity contribution in [2.45, 2.75) is 52.4 Å². The third-order valence-electron chi connectivity index (χ3n) is 5.68. The van der Waals surface area contributed by atoms with Crippen molar-refractivity contribution in [3.63, 3.8) is 0 Å². The zero-order valence-electron chi connectivity index (χ0n) is 19.1. The molecule has 2 heterocycles. The Morgan fingerprint density at radius 2 is 1.88 bits per heavy atom. The molecular formula is C26H31N3O3. The Balaban J connectivity index is 1.41. The molecule has 0 radical (unpaired) electrons. The molecule has 3 aromatic rings. The summed E-state index contributed by atoms with van der Waals surface area (Å²) in [6, 6.07) is 16.0. The molecule has 1 aromatic heterocycles. The summed E-state index contributed by atoms with van der Waals surface area (Å²) in [5.41, 5.74) is 3.09. The van der Waals surface area contributed by atoms with Gasteiger partial charge >= 0.3 is 0 Å². The fourth-order valence-electron chi connectivity index (χ4n) is 3.83. The molecule has 0 bridgehead atoms. The molecule has 1 aliphatic heterocycles. The van der Waals surface area contributed by atoms with E-state index in [1.165, 1.54) is 18.4 Å². The monoisotopic (exact) mass is 433 g/mol. The highest BCUT2D eigenvalue weighted by Gasteiger charge is 2.35. The topological polar surface area (TPSA) is 68.5 Å². The summed E-state index contributed by atoms with van der Waals surface area (Å²) in [6.07, 6.45) is 3.80. The van der Waals surface area contributed by atoms with Gasteiger partial charge in [-0.2, -0.15) is 4.98 Å². The number of carbonyl (C=O) groups is 1. The van der Waals surface area contributed by atoms with Gasteiger partial charge in [-0.1, -0.05) is 44.5 Å². The summed E-state index contributed by atoms with van der Waals surface area (Å²) < 4.78 is 11.3. The first-order chi connectivity index (χ1) is 15.5. The zero-order valence-corrected chi connectivity index (χ0v) is 19.1. The van der Waals surface area contributed by atoms with E-state index in [0.29, 0.717) is 37.2 Å². The van der Waals surface area contributed by atoms with Crippen LogP contribution < -0.4 is 9.64 Å². The van der Waals surface area contributed by atoms with E-state index in [4.69, 9.17) is 9.26 Å². The van der Waals surface area contributed by atoms with Gasteiger partial charge in [0.1, 0.15) is 5.75 Å². The quantitative estimate of drug-likeness (QED) is 0.437. The fraction of sp³-hybridized carbons (Fsp3) is 0.423. The van der Waals surface area contributed by atoms with Crippen LogP contribution in [0.2, 0.25) is 0 Å². The molecule has 2 aromatic carbocycles. The Labute approximate surface area is 189 Å². The van der Waals surface area contributed by atoms with Crippen LogP contribution in [0.4, 0.5) is 5.69 Å². The molecule has 168 valence electrons. The van der Waals surface area contributed by atoms with E-state index in [1.807, 2.05) is 41.3 Å². The van der Waals surface area contributed by atoms with E-state index >= 15 is 0 Å². The number of ether oxygens (including phenoxy) is 1. The van der Waals surface area contributed by atoms with Gasteiger partial charge in [-0.15, -0.1) is 0 Å². The van der Waals surface area contributed by atoms with Gasteiger partial charge in [-0.3, -0.25) is 4.79 Å². The largest absolute Gasteiger partial charge is 0.493 e. The smallest absolute Gasteiger partial charge is 0.232 e. The van der Waals surface area contributed by atoms with Crippen molar-refractivity contribution in [2.24, 2.45) is 5.92 Å². The van der Waals surface area contributed by atoms with Crippen molar-refractivity contribution in [2.75, 3.05) is 18.1 Å². The van der Waals surface area contributed by atoms with Crippen molar-refractivity contribution < 1.29 is 14.1 Å². The van der Waals surface area contributed by atoms with Gasteiger partial charge in [0, 0.05) is 24.2 Å². The van der Waals surface area contributed by atoms with Crippen LogP contribution >= 0.6 is 0 Å². The lowest BCUT2D eigenvalue weighted by Gasteiger charge is -2.16. The minimum absolute atomic E-state index is 0.0858. The van der Waals surface area contributed by atoms with Gasteiger partial charge in [0.15, 0.2) is 0 Å². The number of benzene rings is 2. The van der Waals surface area contributed by atoms with Gasteiger partial charge in [-0.05, 0) is 60.7 Å². The lowest BCUT2D eigenvalue weighted by Crippen LogP contribution is -2.24. The maximum absolute atomic E-state index is 12.7. The lowest BCUT2D eigenvalue weighted by molar-refractivity contribution is -0.117. The molecule has 1 unspecified atom stereocenters. The SMILES string of the molecule is CCCCc1ccc(N2CC(c3nc(-c4ccc(OCC(C)C)cc4)no3)CC2=O)cc1. The van der Waals surface area contributed by atoms with E-state index in [9.17, 15) is 4.79 Å². The van der Waals surface area contributed by atoms with E-state index in [1.54, 1.807) is 0 Å². The van der Waals surface area contributed by atoms with Gasteiger partial charge in [0.25, 0.3) is 0 Å². The molecule has 1 atom stereocenters. The maximum Gasteiger partial charge on any atom is 0.232 e. The van der Waals surface area contributed by atoms with E-state index < -0.39 is 0 Å². The summed E-state index contributed by atoms with van der Waals surface area (Å²) in [5, 5.41) is 4.14.